The van der Waals surface area contributed by atoms with Gasteiger partial charge in [0.2, 0.25) is 0 Å². The molecule has 1 heterocycles. The van der Waals surface area contributed by atoms with Crippen LogP contribution in [-0.4, -0.2) is 36.6 Å². The molecule has 1 aliphatic heterocycles. The van der Waals surface area contributed by atoms with E-state index in [4.69, 9.17) is 0 Å². The number of carbonyl (C=O) groups excluding carboxylic acids is 3. The number of ether oxygens (including phenoxy) is 2. The molecule has 0 spiro atoms. The number of methoxy groups -OCH3 is 1. The summed E-state index contributed by atoms with van der Waals surface area (Å²) in [5.41, 5.74) is 0.166. The molecule has 0 unspecified atom stereocenters. The Balaban J connectivity index is 2.19. The second-order valence-corrected chi connectivity index (χ2v) is 3.84. The second-order valence-electron chi connectivity index (χ2n) is 3.84. The van der Waals surface area contributed by atoms with Crippen molar-refractivity contribution in [2.45, 2.75) is 6.54 Å². The third-order valence-corrected chi connectivity index (χ3v) is 2.62. The first-order valence-electron chi connectivity index (χ1n) is 5.37. The average Bonchev–Trinajstić information content (AvgIpc) is 2.70. The highest BCUT2D eigenvalue weighted by Gasteiger charge is 2.31. The molecule has 2 rings (SSSR count). The van der Waals surface area contributed by atoms with Crippen LogP contribution in [0.25, 0.3) is 0 Å². The molecule has 19 heavy (non-hydrogen) atoms. The molecule has 7 heteroatoms. The number of hydrogen-bond donors (Lipinski definition) is 0. The summed E-state index contributed by atoms with van der Waals surface area (Å²) in [6.45, 7) is -0.405. The quantitative estimate of drug-likeness (QED) is 0.766. The predicted octanol–water partition coefficient (Wildman–Crippen LogP) is 1.09. The highest BCUT2D eigenvalue weighted by Crippen LogP contribution is 2.16. The zero-order valence-electron chi connectivity index (χ0n) is 10.0. The Morgan fingerprint density at radius 3 is 2.74 bits per heavy atom. The molecule has 0 atom stereocenters. The fraction of sp³-hybridized carbons (Fsp3) is 0.250. The topological polar surface area (TPSA) is 72.9 Å². The molecular formula is C12H10FNO5. The summed E-state index contributed by atoms with van der Waals surface area (Å²) in [5, 5.41) is 0. The van der Waals surface area contributed by atoms with Crippen LogP contribution in [0.4, 0.5) is 9.18 Å². The molecule has 6 nitrogen and oxygen atoms in total. The molecule has 0 bridgehead atoms. The number of carbonyl (C=O) groups is 3. The fourth-order valence-electron chi connectivity index (χ4n) is 1.65. The average molecular weight is 267 g/mol. The number of benzene rings is 1. The number of amides is 2. The van der Waals surface area contributed by atoms with E-state index in [-0.39, 0.29) is 18.7 Å². The van der Waals surface area contributed by atoms with Crippen LogP contribution in [-0.2, 0) is 20.8 Å². The highest BCUT2D eigenvalue weighted by atomic mass is 19.1. The Hall–Kier alpha value is -2.44. The summed E-state index contributed by atoms with van der Waals surface area (Å²) in [5.74, 6) is -2.05. The van der Waals surface area contributed by atoms with Crippen LogP contribution in [0, 0.1) is 5.82 Å². The van der Waals surface area contributed by atoms with E-state index in [9.17, 15) is 18.8 Å². The molecule has 0 N–H and O–H groups in total. The Morgan fingerprint density at radius 1 is 1.47 bits per heavy atom. The molecule has 1 fully saturated rings. The number of rotatable bonds is 3. The maximum atomic E-state index is 13.6. The van der Waals surface area contributed by atoms with E-state index in [1.54, 1.807) is 0 Å². The lowest BCUT2D eigenvalue weighted by Gasteiger charge is -2.11. The van der Waals surface area contributed by atoms with Crippen molar-refractivity contribution in [2.24, 2.45) is 0 Å². The highest BCUT2D eigenvalue weighted by molar-refractivity contribution is 5.97. The van der Waals surface area contributed by atoms with Crippen molar-refractivity contribution < 1.29 is 28.2 Å². The van der Waals surface area contributed by atoms with E-state index in [1.807, 2.05) is 0 Å². The summed E-state index contributed by atoms with van der Waals surface area (Å²) < 4.78 is 22.6. The van der Waals surface area contributed by atoms with Crippen LogP contribution in [0.2, 0.25) is 0 Å². The van der Waals surface area contributed by atoms with Crippen LogP contribution in [0.15, 0.2) is 18.2 Å². The van der Waals surface area contributed by atoms with Crippen LogP contribution in [0.3, 0.4) is 0 Å². The summed E-state index contributed by atoms with van der Waals surface area (Å²) in [7, 11) is 1.15. The zero-order chi connectivity index (χ0) is 14.0. The number of esters is 1. The molecule has 1 aliphatic rings. The monoisotopic (exact) mass is 267 g/mol. The number of nitrogens with zero attached hydrogens (tertiary/aromatic N) is 1. The van der Waals surface area contributed by atoms with Gasteiger partial charge in [0.05, 0.1) is 19.2 Å². The van der Waals surface area contributed by atoms with E-state index >= 15 is 0 Å². The van der Waals surface area contributed by atoms with Gasteiger partial charge in [-0.05, 0) is 17.7 Å². The molecule has 100 valence electrons. The van der Waals surface area contributed by atoms with Gasteiger partial charge in [-0.1, -0.05) is 6.07 Å². The van der Waals surface area contributed by atoms with Crippen LogP contribution < -0.4 is 0 Å². The van der Waals surface area contributed by atoms with Crippen LogP contribution >= 0.6 is 0 Å². The third kappa shape index (κ3) is 2.54. The van der Waals surface area contributed by atoms with Crippen molar-refractivity contribution in [1.29, 1.82) is 0 Å². The number of cyclic esters (lactones) is 1. The molecule has 0 aromatic heterocycles. The first-order chi connectivity index (χ1) is 9.02. The predicted molar refractivity (Wildman–Crippen MR) is 59.6 cm³/mol. The van der Waals surface area contributed by atoms with Crippen molar-refractivity contribution in [3.05, 3.63) is 35.1 Å². The number of halogens is 1. The Kier molecular flexibility index (Phi) is 3.46. The molecular weight excluding hydrogens is 257 g/mol. The van der Waals surface area contributed by atoms with E-state index < -0.39 is 23.8 Å². The van der Waals surface area contributed by atoms with Crippen molar-refractivity contribution in [2.75, 3.05) is 13.7 Å². The second kappa shape index (κ2) is 5.05. The van der Waals surface area contributed by atoms with E-state index in [0.717, 1.165) is 18.1 Å². The molecule has 1 saturated heterocycles. The zero-order valence-corrected chi connectivity index (χ0v) is 10.0. The van der Waals surface area contributed by atoms with Crippen molar-refractivity contribution in [3.63, 3.8) is 0 Å². The molecule has 0 radical (unpaired) electrons. The van der Waals surface area contributed by atoms with E-state index in [1.165, 1.54) is 12.1 Å². The van der Waals surface area contributed by atoms with Gasteiger partial charge in [0, 0.05) is 0 Å². The van der Waals surface area contributed by atoms with Gasteiger partial charge in [0.25, 0.3) is 5.91 Å². The first-order valence-corrected chi connectivity index (χ1v) is 5.37. The lowest BCUT2D eigenvalue weighted by molar-refractivity contribution is -0.126. The third-order valence-electron chi connectivity index (χ3n) is 2.62. The standard InChI is InChI=1S/C12H10FNO5/c1-18-11(16)8-3-2-7(4-9(8)13)5-14-10(15)6-19-12(14)17/h2-4H,5-6H2,1H3. The number of hydrogen-bond acceptors (Lipinski definition) is 5. The van der Waals surface area contributed by atoms with Gasteiger partial charge >= 0.3 is 12.1 Å². The van der Waals surface area contributed by atoms with Gasteiger partial charge in [-0.3, -0.25) is 4.79 Å². The summed E-state index contributed by atoms with van der Waals surface area (Å²) in [4.78, 5) is 34.6. The van der Waals surface area contributed by atoms with Crippen molar-refractivity contribution >= 4 is 18.0 Å². The van der Waals surface area contributed by atoms with Crippen LogP contribution in [0.5, 0.6) is 0 Å². The SMILES string of the molecule is COC(=O)c1ccc(CN2C(=O)COC2=O)cc1F. The van der Waals surface area contributed by atoms with E-state index in [2.05, 4.69) is 9.47 Å². The maximum absolute atomic E-state index is 13.6. The summed E-state index contributed by atoms with van der Waals surface area (Å²) in [6, 6.07) is 3.75. The lowest BCUT2D eigenvalue weighted by atomic mass is 10.1. The maximum Gasteiger partial charge on any atom is 0.417 e. The number of imide groups is 1. The molecule has 1 aromatic rings. The van der Waals surface area contributed by atoms with Gasteiger partial charge in [-0.2, -0.15) is 0 Å². The minimum absolute atomic E-state index is 0.101. The Morgan fingerprint density at radius 2 is 2.21 bits per heavy atom. The molecule has 0 saturated carbocycles. The molecule has 2 amide bonds. The largest absolute Gasteiger partial charge is 0.465 e. The van der Waals surface area contributed by atoms with Gasteiger partial charge in [0.1, 0.15) is 5.82 Å². The van der Waals surface area contributed by atoms with Gasteiger partial charge in [0.15, 0.2) is 6.61 Å². The normalized spacial score (nSPS) is 14.5. The first kappa shape index (κ1) is 13.0. The van der Waals surface area contributed by atoms with Crippen molar-refractivity contribution in [1.82, 2.24) is 4.90 Å². The fourth-order valence-corrected chi connectivity index (χ4v) is 1.65. The van der Waals surface area contributed by atoms with Crippen LogP contribution in [0.1, 0.15) is 15.9 Å². The van der Waals surface area contributed by atoms with E-state index in [0.29, 0.717) is 5.56 Å². The lowest BCUT2D eigenvalue weighted by Crippen LogP contribution is -2.28. The summed E-state index contributed by atoms with van der Waals surface area (Å²) >= 11 is 0. The van der Waals surface area contributed by atoms with Crippen molar-refractivity contribution in [3.8, 4) is 0 Å². The smallest absolute Gasteiger partial charge is 0.417 e. The van der Waals surface area contributed by atoms with Gasteiger partial charge in [-0.25, -0.2) is 18.9 Å². The minimum Gasteiger partial charge on any atom is -0.465 e. The summed E-state index contributed by atoms with van der Waals surface area (Å²) in [6.07, 6.45) is -0.762. The van der Waals surface area contributed by atoms with Gasteiger partial charge < -0.3 is 9.47 Å². The molecule has 1 aromatic carbocycles. The Labute approximate surface area is 107 Å². The Bertz CT molecular complexity index is 541. The van der Waals surface area contributed by atoms with Gasteiger partial charge in [-0.15, -0.1) is 0 Å². The molecule has 0 aliphatic carbocycles. The minimum atomic E-state index is -0.791.